The van der Waals surface area contributed by atoms with Gasteiger partial charge in [0.15, 0.2) is 0 Å². The maximum absolute atomic E-state index is 12.3. The summed E-state index contributed by atoms with van der Waals surface area (Å²) in [5.41, 5.74) is 1.98. The third-order valence-corrected chi connectivity index (χ3v) is 4.73. The Morgan fingerprint density at radius 3 is 2.20 bits per heavy atom. The number of hydrogen-bond donors (Lipinski definition) is 2. The minimum absolute atomic E-state index is 0.193. The average Bonchev–Trinajstić information content (AvgIpc) is 2.76. The molecule has 0 aliphatic rings. The van der Waals surface area contributed by atoms with Gasteiger partial charge in [-0.2, -0.15) is 0 Å². The van der Waals surface area contributed by atoms with Gasteiger partial charge in [-0.15, -0.1) is 0 Å². The van der Waals surface area contributed by atoms with Crippen LogP contribution in [0, 0.1) is 0 Å². The number of carbonyl (C=O) groups excluding carboxylic acids is 2. The molecule has 2 N–H and O–H groups in total. The Balaban J connectivity index is 1.96. The van der Waals surface area contributed by atoms with Gasteiger partial charge in [-0.25, -0.2) is 0 Å². The SMILES string of the molecule is COC(=O)[C@H](C)NC([Se])=NC[C@H](Cc1ccccc1)NC(=O)OCc1ccccc1. The topological polar surface area (TPSA) is 89.0 Å². The van der Waals surface area contributed by atoms with Gasteiger partial charge in [0.1, 0.15) is 0 Å². The molecule has 0 aliphatic carbocycles. The normalized spacial score (nSPS) is 13.1. The van der Waals surface area contributed by atoms with Gasteiger partial charge in [-0.3, -0.25) is 0 Å². The number of nitrogens with one attached hydrogen (secondary N) is 2. The summed E-state index contributed by atoms with van der Waals surface area (Å²) in [6.45, 7) is 2.18. The Bertz CT molecular complexity index is 831. The van der Waals surface area contributed by atoms with E-state index in [4.69, 9.17) is 4.74 Å². The van der Waals surface area contributed by atoms with E-state index >= 15 is 0 Å². The van der Waals surface area contributed by atoms with E-state index in [1.54, 1.807) is 6.92 Å². The first-order chi connectivity index (χ1) is 14.5. The van der Waals surface area contributed by atoms with Crippen molar-refractivity contribution in [1.29, 1.82) is 0 Å². The molecular formula is C22H26N3O4Se. The Hall–Kier alpha value is -2.83. The number of esters is 1. The molecule has 2 rings (SSSR count). The van der Waals surface area contributed by atoms with Crippen molar-refractivity contribution < 1.29 is 19.1 Å². The molecule has 2 aromatic rings. The number of alkyl carbamates (subject to hydrolysis) is 1. The summed E-state index contributed by atoms with van der Waals surface area (Å²) in [7, 11) is 1.33. The van der Waals surface area contributed by atoms with Gasteiger partial charge in [0.25, 0.3) is 0 Å². The molecule has 1 radical (unpaired) electrons. The number of methoxy groups -OCH3 is 1. The summed E-state index contributed by atoms with van der Waals surface area (Å²) >= 11 is 2.79. The summed E-state index contributed by atoms with van der Waals surface area (Å²) < 4.78 is 10.5. The first-order valence-corrected chi connectivity index (χ1v) is 10.4. The van der Waals surface area contributed by atoms with Gasteiger partial charge >= 0.3 is 185 Å². The van der Waals surface area contributed by atoms with Crippen LogP contribution >= 0.6 is 0 Å². The second-order valence-electron chi connectivity index (χ2n) is 6.63. The van der Waals surface area contributed by atoms with Crippen LogP contribution in [0.3, 0.4) is 0 Å². The van der Waals surface area contributed by atoms with Crippen LogP contribution in [0.15, 0.2) is 65.7 Å². The number of ether oxygens (including phenoxy) is 2. The molecule has 2 atom stereocenters. The van der Waals surface area contributed by atoms with Gasteiger partial charge in [0.05, 0.1) is 0 Å². The molecule has 7 nitrogen and oxygen atoms in total. The zero-order valence-electron chi connectivity index (χ0n) is 17.0. The third kappa shape index (κ3) is 8.67. The number of amides is 1. The van der Waals surface area contributed by atoms with Crippen LogP contribution in [0.5, 0.6) is 0 Å². The summed E-state index contributed by atoms with van der Waals surface area (Å²) in [5, 5.41) is 5.80. The summed E-state index contributed by atoms with van der Waals surface area (Å²) in [5.74, 6) is -0.388. The number of rotatable bonds is 9. The molecule has 0 fully saturated rings. The van der Waals surface area contributed by atoms with E-state index in [1.807, 2.05) is 60.7 Å². The molecule has 30 heavy (non-hydrogen) atoms. The fourth-order valence-corrected chi connectivity index (χ4v) is 3.18. The summed E-state index contributed by atoms with van der Waals surface area (Å²) in [4.78, 5) is 28.3. The molecule has 0 heterocycles. The summed E-state index contributed by atoms with van der Waals surface area (Å²) in [6, 6.07) is 18.5. The van der Waals surface area contributed by atoms with E-state index in [-0.39, 0.29) is 18.6 Å². The number of carbonyl (C=O) groups is 2. The standard InChI is InChI=1S/C22H26N3O4Se/c1-16(20(26)28-2)24-21(30)23-14-19(13-17-9-5-3-6-10-17)25-22(27)29-15-18-11-7-4-8-12-18/h3-12,16,19H,13-15H2,1-2H3,(H,23,24)(H,25,27)/t16-,19-/m0/s1. The van der Waals surface area contributed by atoms with Crippen molar-refractivity contribution in [2.75, 3.05) is 13.7 Å². The van der Waals surface area contributed by atoms with Gasteiger partial charge in [0.2, 0.25) is 0 Å². The van der Waals surface area contributed by atoms with E-state index in [1.165, 1.54) is 7.11 Å². The molecule has 0 saturated heterocycles. The van der Waals surface area contributed by atoms with Gasteiger partial charge in [-0.05, 0) is 0 Å². The van der Waals surface area contributed by atoms with Crippen LogP contribution < -0.4 is 10.6 Å². The molecular weight excluding hydrogens is 449 g/mol. The van der Waals surface area contributed by atoms with Crippen LogP contribution in [0.1, 0.15) is 18.1 Å². The van der Waals surface area contributed by atoms with Crippen LogP contribution in [0.2, 0.25) is 0 Å². The van der Waals surface area contributed by atoms with E-state index in [9.17, 15) is 9.59 Å². The molecule has 0 bridgehead atoms. The van der Waals surface area contributed by atoms with Crippen molar-refractivity contribution in [3.63, 3.8) is 0 Å². The maximum atomic E-state index is 12.3. The van der Waals surface area contributed by atoms with Crippen molar-refractivity contribution in [2.45, 2.75) is 32.0 Å². The van der Waals surface area contributed by atoms with Crippen molar-refractivity contribution in [3.05, 3.63) is 71.8 Å². The Kier molecular flexibility index (Phi) is 9.90. The van der Waals surface area contributed by atoms with E-state index in [0.717, 1.165) is 11.1 Å². The number of hydrogen-bond acceptors (Lipinski definition) is 5. The van der Waals surface area contributed by atoms with Crippen molar-refractivity contribution in [2.24, 2.45) is 4.99 Å². The zero-order chi connectivity index (χ0) is 21.8. The first kappa shape index (κ1) is 23.4. The molecule has 0 aliphatic heterocycles. The average molecular weight is 475 g/mol. The first-order valence-electron chi connectivity index (χ1n) is 9.55. The predicted octanol–water partition coefficient (Wildman–Crippen LogP) is 2.20. The van der Waals surface area contributed by atoms with Crippen molar-refractivity contribution in [3.8, 4) is 0 Å². The second-order valence-corrected chi connectivity index (χ2v) is 7.44. The third-order valence-electron chi connectivity index (χ3n) is 4.21. The van der Waals surface area contributed by atoms with Crippen molar-refractivity contribution in [1.82, 2.24) is 10.6 Å². The van der Waals surface area contributed by atoms with Gasteiger partial charge < -0.3 is 0 Å². The molecule has 159 valence electrons. The number of benzene rings is 2. The van der Waals surface area contributed by atoms with Crippen LogP contribution in [0.25, 0.3) is 0 Å². The monoisotopic (exact) mass is 476 g/mol. The zero-order valence-corrected chi connectivity index (χ0v) is 18.8. The van der Waals surface area contributed by atoms with E-state index in [2.05, 4.69) is 36.4 Å². The van der Waals surface area contributed by atoms with Crippen LogP contribution in [-0.2, 0) is 27.3 Å². The predicted molar refractivity (Wildman–Crippen MR) is 116 cm³/mol. The number of amidine groups is 1. The quantitative estimate of drug-likeness (QED) is 0.251. The van der Waals surface area contributed by atoms with E-state index in [0.29, 0.717) is 17.7 Å². The molecule has 0 aromatic heterocycles. The molecule has 0 saturated carbocycles. The Morgan fingerprint density at radius 1 is 1.00 bits per heavy atom. The Morgan fingerprint density at radius 2 is 1.60 bits per heavy atom. The van der Waals surface area contributed by atoms with Gasteiger partial charge in [0, 0.05) is 0 Å². The Labute approximate surface area is 185 Å². The second kappa shape index (κ2) is 12.7. The summed E-state index contributed by atoms with van der Waals surface area (Å²) in [6.07, 6.45) is 0.0810. The molecule has 0 spiro atoms. The van der Waals surface area contributed by atoms with Crippen LogP contribution in [0.4, 0.5) is 4.79 Å². The fraction of sp³-hybridized carbons (Fsp3) is 0.318. The van der Waals surface area contributed by atoms with Crippen LogP contribution in [-0.4, -0.2) is 58.5 Å². The number of aliphatic imine (C=N–C) groups is 1. The number of nitrogens with zero attached hydrogens (tertiary/aromatic N) is 1. The van der Waals surface area contributed by atoms with E-state index < -0.39 is 12.1 Å². The van der Waals surface area contributed by atoms with Crippen molar-refractivity contribution >= 4 is 32.8 Å². The van der Waals surface area contributed by atoms with Gasteiger partial charge in [-0.1, -0.05) is 0 Å². The molecule has 8 heteroatoms. The minimum atomic E-state index is -0.536. The molecule has 2 aromatic carbocycles. The fourth-order valence-electron chi connectivity index (χ4n) is 2.65. The molecule has 0 unspecified atom stereocenters. The molecule has 1 amide bonds.